The number of nitrogens with one attached hydrogen (secondary N) is 1. The molecule has 0 radical (unpaired) electrons. The molecule has 0 saturated heterocycles. The number of carbonyl (C=O) groups is 1. The minimum atomic E-state index is -0.242. The van der Waals surface area contributed by atoms with Crippen LogP contribution in [0.4, 0.5) is 0 Å². The molecule has 0 bridgehead atoms. The van der Waals surface area contributed by atoms with Crippen LogP contribution in [0.2, 0.25) is 0 Å². The van der Waals surface area contributed by atoms with Gasteiger partial charge in [-0.15, -0.1) is 11.8 Å². The third-order valence-corrected chi connectivity index (χ3v) is 5.22. The summed E-state index contributed by atoms with van der Waals surface area (Å²) >= 11 is 1.85. The van der Waals surface area contributed by atoms with E-state index in [1.54, 1.807) is 0 Å². The van der Waals surface area contributed by atoms with Crippen molar-refractivity contribution in [2.24, 2.45) is 0 Å². The monoisotopic (exact) mass is 334 g/mol. The van der Waals surface area contributed by atoms with Gasteiger partial charge in [-0.1, -0.05) is 0 Å². The Bertz CT molecular complexity index is 779. The number of thioether (sulfide) groups is 1. The number of ketones is 1. The largest absolute Gasteiger partial charge is 0.302 e. The molecule has 1 aromatic carbocycles. The van der Waals surface area contributed by atoms with E-state index in [0.29, 0.717) is 12.1 Å². The molecular formula is C16H18N2O4S. The molecule has 0 atom stereocenters. The van der Waals surface area contributed by atoms with Crippen molar-refractivity contribution in [2.45, 2.75) is 38.1 Å². The lowest BCUT2D eigenvalue weighted by molar-refractivity contribution is 0.103. The molecule has 23 heavy (non-hydrogen) atoms. The number of H-pyrrole nitrogens is 1. The second-order valence-corrected chi connectivity index (χ2v) is 6.37. The van der Waals surface area contributed by atoms with E-state index >= 15 is 0 Å². The van der Waals surface area contributed by atoms with Crippen LogP contribution in [-0.2, 0) is 13.0 Å². The van der Waals surface area contributed by atoms with Crippen molar-refractivity contribution in [1.82, 2.24) is 9.78 Å². The molecule has 0 spiro atoms. The van der Waals surface area contributed by atoms with Crippen molar-refractivity contribution in [2.75, 3.05) is 5.75 Å². The van der Waals surface area contributed by atoms with Crippen LogP contribution in [0.15, 0.2) is 28.0 Å². The Morgan fingerprint density at radius 3 is 2.70 bits per heavy atom. The van der Waals surface area contributed by atoms with Gasteiger partial charge in [-0.2, -0.15) is 0 Å². The van der Waals surface area contributed by atoms with E-state index in [4.69, 9.17) is 9.93 Å². The topological polar surface area (TPSA) is 89.0 Å². The van der Waals surface area contributed by atoms with Crippen molar-refractivity contribution in [3.63, 3.8) is 0 Å². The van der Waals surface area contributed by atoms with Crippen LogP contribution in [0, 0.1) is 16.9 Å². The van der Waals surface area contributed by atoms with Gasteiger partial charge in [-0.05, 0) is 55.7 Å². The van der Waals surface area contributed by atoms with Crippen LogP contribution in [0.3, 0.4) is 0 Å². The number of hydrogen-bond donors (Lipinski definition) is 1. The average Bonchev–Trinajstić information content (AvgIpc) is 2.97. The maximum absolute atomic E-state index is 12.7. The molecule has 122 valence electrons. The average molecular weight is 334 g/mol. The van der Waals surface area contributed by atoms with E-state index in [2.05, 4.69) is 5.10 Å². The van der Waals surface area contributed by atoms with Gasteiger partial charge in [0.05, 0.1) is 0 Å². The van der Waals surface area contributed by atoms with Gasteiger partial charge in [0.1, 0.15) is 5.56 Å². The summed E-state index contributed by atoms with van der Waals surface area (Å²) in [4.78, 5) is 40.1. The first-order valence-electron chi connectivity index (χ1n) is 7.38. The lowest BCUT2D eigenvalue weighted by atomic mass is 9.94. The third-order valence-electron chi connectivity index (χ3n) is 4.03. The molecule has 3 rings (SSSR count). The zero-order valence-electron chi connectivity index (χ0n) is 13.0. The molecule has 0 fully saturated rings. The molecule has 2 aromatic rings. The minimum Gasteiger partial charge on any atom is -0.302 e. The zero-order valence-corrected chi connectivity index (χ0v) is 13.9. The Balaban J connectivity index is 0.000000924. The Hall–Kier alpha value is -2.15. The fraction of sp³-hybridized carbons (Fsp3) is 0.375. The van der Waals surface area contributed by atoms with Gasteiger partial charge >= 0.3 is 0 Å². The maximum Gasteiger partial charge on any atom is 0.277 e. The first kappa shape index (κ1) is 17.2. The fourth-order valence-electron chi connectivity index (χ4n) is 2.81. The van der Waals surface area contributed by atoms with E-state index in [0.717, 1.165) is 24.2 Å². The zero-order chi connectivity index (χ0) is 17.0. The summed E-state index contributed by atoms with van der Waals surface area (Å²) in [6.45, 7) is 4.39. The first-order chi connectivity index (χ1) is 11.1. The number of hydrogen-bond acceptors (Lipinski definition) is 5. The summed E-state index contributed by atoms with van der Waals surface area (Å²) < 4.78 is 1.44. The second kappa shape index (κ2) is 7.41. The molecule has 1 aliphatic rings. The Kier molecular flexibility index (Phi) is 5.54. The first-order valence-corrected chi connectivity index (χ1v) is 8.37. The van der Waals surface area contributed by atoms with E-state index in [9.17, 15) is 9.59 Å². The Morgan fingerprint density at radius 1 is 1.30 bits per heavy atom. The number of benzene rings is 1. The highest BCUT2D eigenvalue weighted by molar-refractivity contribution is 7.99. The van der Waals surface area contributed by atoms with Crippen LogP contribution in [0.25, 0.3) is 0 Å². The highest BCUT2D eigenvalue weighted by Crippen LogP contribution is 2.33. The summed E-state index contributed by atoms with van der Waals surface area (Å²) in [5, 5.41) is 2.84. The van der Waals surface area contributed by atoms with E-state index in [-0.39, 0.29) is 16.9 Å². The summed E-state index contributed by atoms with van der Waals surface area (Å²) in [6, 6.07) is 3.88. The number of aryl methyl sites for hydroxylation is 1. The van der Waals surface area contributed by atoms with Crippen molar-refractivity contribution in [3.05, 3.63) is 60.9 Å². The van der Waals surface area contributed by atoms with E-state index < -0.39 is 0 Å². The number of rotatable bonds is 3. The molecule has 0 unspecified atom stereocenters. The molecule has 0 aliphatic carbocycles. The summed E-state index contributed by atoms with van der Waals surface area (Å²) in [5.74, 6) is 0.956. The molecule has 2 heterocycles. The number of aromatic amines is 1. The highest BCUT2D eigenvalue weighted by atomic mass is 32.2. The summed E-state index contributed by atoms with van der Waals surface area (Å²) in [5.41, 5.74) is 2.92. The Morgan fingerprint density at radius 2 is 2.04 bits per heavy atom. The number of aromatic nitrogens is 2. The predicted molar refractivity (Wildman–Crippen MR) is 91.1 cm³/mol. The highest BCUT2D eigenvalue weighted by Gasteiger charge is 2.21. The lowest BCUT2D eigenvalue weighted by Gasteiger charge is -2.19. The fourth-order valence-corrected chi connectivity index (χ4v) is 3.91. The molecule has 1 aromatic heterocycles. The van der Waals surface area contributed by atoms with Crippen LogP contribution in [0.1, 0.15) is 40.4 Å². The summed E-state index contributed by atoms with van der Waals surface area (Å²) in [7, 11) is 0. The minimum absolute atomic E-state index is 0.181. The number of fused-ring (bicyclic) bond motifs is 1. The van der Waals surface area contributed by atoms with Crippen LogP contribution in [0.5, 0.6) is 0 Å². The van der Waals surface area contributed by atoms with Gasteiger partial charge in [0, 0.05) is 33.1 Å². The van der Waals surface area contributed by atoms with Gasteiger partial charge < -0.3 is 5.10 Å². The van der Waals surface area contributed by atoms with E-state index in [1.807, 2.05) is 37.7 Å². The molecule has 0 amide bonds. The molecule has 0 saturated carbocycles. The molecule has 1 N–H and O–H groups in total. The molecule has 7 heteroatoms. The predicted octanol–water partition coefficient (Wildman–Crippen LogP) is 2.84. The third kappa shape index (κ3) is 3.14. The van der Waals surface area contributed by atoms with Crippen molar-refractivity contribution < 1.29 is 4.79 Å². The smallest absolute Gasteiger partial charge is 0.277 e. The number of nitrogens with zero attached hydrogens (tertiary/aromatic N) is 1. The molecule has 1 aliphatic heterocycles. The van der Waals surface area contributed by atoms with Crippen LogP contribution < -0.4 is 5.56 Å². The van der Waals surface area contributed by atoms with Gasteiger partial charge in [-0.3, -0.25) is 14.3 Å². The van der Waals surface area contributed by atoms with Crippen LogP contribution >= 0.6 is 11.8 Å². The Labute approximate surface area is 137 Å². The molecule has 6 nitrogen and oxygen atoms in total. The summed E-state index contributed by atoms with van der Waals surface area (Å²) in [6.07, 6.45) is 3.67. The van der Waals surface area contributed by atoms with Gasteiger partial charge in [0.2, 0.25) is 0 Å². The van der Waals surface area contributed by atoms with Gasteiger partial charge in [-0.25, -0.2) is 0 Å². The van der Waals surface area contributed by atoms with Crippen molar-refractivity contribution in [1.29, 1.82) is 0 Å². The number of carbonyl (C=O) groups excluding carboxylic acids is 1. The standard InChI is InChI=1S/C16H18N2O2S.O2/c1-3-18-16(20)13(9-17-18)15(19)12-6-7-14-11(10(12)2)5-4-8-21-14;1-2/h6-7,9,17H,3-5,8H2,1-2H3;. The second-order valence-electron chi connectivity index (χ2n) is 5.23. The quantitative estimate of drug-likeness (QED) is 0.872. The van der Waals surface area contributed by atoms with Crippen molar-refractivity contribution in [3.8, 4) is 0 Å². The van der Waals surface area contributed by atoms with Gasteiger partial charge in [0.15, 0.2) is 5.78 Å². The van der Waals surface area contributed by atoms with Crippen molar-refractivity contribution >= 4 is 17.5 Å². The maximum atomic E-state index is 12.7. The normalized spacial score (nSPS) is 13.0. The molecular weight excluding hydrogens is 316 g/mol. The van der Waals surface area contributed by atoms with E-state index in [1.165, 1.54) is 21.3 Å². The van der Waals surface area contributed by atoms with Gasteiger partial charge in [0.25, 0.3) is 5.56 Å². The van der Waals surface area contributed by atoms with Crippen LogP contribution in [-0.4, -0.2) is 21.3 Å². The SMILES string of the molecule is CCn1[nH]cc(C(=O)c2ccc3c(c2C)CCCS3)c1=O.O=O. The lowest BCUT2D eigenvalue weighted by Crippen LogP contribution is -2.21.